The lowest BCUT2D eigenvalue weighted by atomic mass is 10.2. The van der Waals surface area contributed by atoms with Gasteiger partial charge in [0, 0.05) is 36.7 Å². The molecule has 0 radical (unpaired) electrons. The minimum Gasteiger partial charge on any atom is -0.339 e. The van der Waals surface area contributed by atoms with Gasteiger partial charge in [0.25, 0.3) is 5.56 Å². The molecular weight excluding hydrogens is 354 g/mol. The number of amides is 1. The number of carbonyl (C=O) groups excluding carboxylic acids is 1. The maximum atomic E-state index is 12.6. The number of nitrogens with zero attached hydrogens (tertiary/aromatic N) is 4. The van der Waals surface area contributed by atoms with Crippen molar-refractivity contribution in [1.29, 1.82) is 0 Å². The summed E-state index contributed by atoms with van der Waals surface area (Å²) in [5, 5.41) is 8.92. The molecule has 3 aromatic heterocycles. The van der Waals surface area contributed by atoms with Crippen LogP contribution < -0.4 is 10.9 Å². The lowest BCUT2D eigenvalue weighted by molar-refractivity contribution is -0.116. The lowest BCUT2D eigenvalue weighted by Crippen LogP contribution is -2.23. The normalized spacial score (nSPS) is 10.8. The molecule has 0 saturated heterocycles. The van der Waals surface area contributed by atoms with Crippen LogP contribution in [0.3, 0.4) is 0 Å². The summed E-state index contributed by atoms with van der Waals surface area (Å²) >= 11 is 1.35. The molecule has 1 N–H and O–H groups in total. The fraction of sp³-hybridized carbons (Fsp3) is 0.353. The van der Waals surface area contributed by atoms with Gasteiger partial charge in [0.2, 0.25) is 17.6 Å². The monoisotopic (exact) mass is 373 g/mol. The predicted molar refractivity (Wildman–Crippen MR) is 98.1 cm³/mol. The number of hydrogen-bond donors (Lipinski definition) is 1. The molecule has 0 spiro atoms. The summed E-state index contributed by atoms with van der Waals surface area (Å²) in [6.07, 6.45) is 2.96. The second-order valence-electron chi connectivity index (χ2n) is 5.74. The van der Waals surface area contributed by atoms with Crippen LogP contribution in [0.1, 0.15) is 31.4 Å². The molecule has 136 valence electrons. The first-order valence-electron chi connectivity index (χ1n) is 8.31. The highest BCUT2D eigenvalue weighted by Gasteiger charge is 2.15. The zero-order valence-electron chi connectivity index (χ0n) is 14.6. The zero-order valence-corrected chi connectivity index (χ0v) is 15.4. The highest BCUT2D eigenvalue weighted by atomic mass is 32.1. The summed E-state index contributed by atoms with van der Waals surface area (Å²) in [5.41, 5.74) is 1.15. The average Bonchev–Trinajstić information content (AvgIpc) is 3.29. The number of aryl methyl sites for hydroxylation is 2. The Morgan fingerprint density at radius 2 is 2.23 bits per heavy atom. The molecule has 26 heavy (non-hydrogen) atoms. The van der Waals surface area contributed by atoms with Gasteiger partial charge in [-0.1, -0.05) is 12.1 Å². The topological polar surface area (TPSA) is 103 Å². The molecule has 3 heterocycles. The Labute approximate surface area is 153 Å². The molecule has 0 unspecified atom stereocenters. The van der Waals surface area contributed by atoms with Crippen LogP contribution in [0.4, 0.5) is 5.13 Å². The average molecular weight is 373 g/mol. The summed E-state index contributed by atoms with van der Waals surface area (Å²) in [5.74, 6) is 0.381. The van der Waals surface area contributed by atoms with Gasteiger partial charge in [0.05, 0.1) is 5.56 Å². The Kier molecular flexibility index (Phi) is 5.57. The van der Waals surface area contributed by atoms with E-state index in [0.717, 1.165) is 12.1 Å². The Morgan fingerprint density at radius 1 is 1.38 bits per heavy atom. The molecule has 0 saturated carbocycles. The molecule has 9 heteroatoms. The van der Waals surface area contributed by atoms with Crippen LogP contribution in [0.5, 0.6) is 0 Å². The molecule has 0 atom stereocenters. The molecular formula is C17H19N5O3S. The molecule has 0 aliphatic carbocycles. The van der Waals surface area contributed by atoms with Gasteiger partial charge < -0.3 is 14.4 Å². The van der Waals surface area contributed by atoms with E-state index in [1.54, 1.807) is 22.2 Å². The lowest BCUT2D eigenvalue weighted by Gasteiger charge is -2.09. The third-order valence-corrected chi connectivity index (χ3v) is 4.48. The van der Waals surface area contributed by atoms with Crippen LogP contribution in [-0.2, 0) is 17.8 Å². The van der Waals surface area contributed by atoms with E-state index in [-0.39, 0.29) is 23.7 Å². The number of nitrogens with one attached hydrogen (secondary N) is 1. The first-order valence-corrected chi connectivity index (χ1v) is 9.19. The molecule has 0 fully saturated rings. The van der Waals surface area contributed by atoms with Gasteiger partial charge in [0.1, 0.15) is 0 Å². The largest absolute Gasteiger partial charge is 0.339 e. The van der Waals surface area contributed by atoms with Crippen LogP contribution >= 0.6 is 11.3 Å². The number of anilines is 1. The summed E-state index contributed by atoms with van der Waals surface area (Å²) < 4.78 is 6.89. The Morgan fingerprint density at radius 3 is 2.96 bits per heavy atom. The van der Waals surface area contributed by atoms with Gasteiger partial charge in [-0.05, 0) is 25.5 Å². The second-order valence-corrected chi connectivity index (χ2v) is 6.64. The van der Waals surface area contributed by atoms with E-state index in [1.807, 2.05) is 19.9 Å². The Balaban J connectivity index is 1.69. The molecule has 0 aliphatic heterocycles. The fourth-order valence-electron chi connectivity index (χ4n) is 2.50. The van der Waals surface area contributed by atoms with E-state index in [0.29, 0.717) is 29.6 Å². The van der Waals surface area contributed by atoms with Gasteiger partial charge in [-0.25, -0.2) is 4.98 Å². The first-order chi connectivity index (χ1) is 12.6. The van der Waals surface area contributed by atoms with Crippen molar-refractivity contribution in [1.82, 2.24) is 19.7 Å². The maximum Gasteiger partial charge on any atom is 0.261 e. The Bertz CT molecular complexity index is 946. The minimum absolute atomic E-state index is 0.138. The van der Waals surface area contributed by atoms with Crippen molar-refractivity contribution in [2.24, 2.45) is 0 Å². The quantitative estimate of drug-likeness (QED) is 0.683. The number of carbonyl (C=O) groups is 1. The number of rotatable bonds is 7. The van der Waals surface area contributed by atoms with E-state index in [2.05, 4.69) is 20.4 Å². The van der Waals surface area contributed by atoms with Crippen LogP contribution in [0.15, 0.2) is 33.0 Å². The van der Waals surface area contributed by atoms with Gasteiger partial charge in [-0.15, -0.1) is 11.3 Å². The van der Waals surface area contributed by atoms with E-state index in [4.69, 9.17) is 4.52 Å². The SMILES string of the molecule is CCCn1c(C)ccc(-c2noc(CCC(=O)Nc3nccs3)n2)c1=O. The summed E-state index contributed by atoms with van der Waals surface area (Å²) in [6.45, 7) is 4.55. The number of hydrogen-bond acceptors (Lipinski definition) is 7. The summed E-state index contributed by atoms with van der Waals surface area (Å²) in [4.78, 5) is 32.7. The first kappa shape index (κ1) is 18.0. The van der Waals surface area contributed by atoms with Crippen molar-refractivity contribution >= 4 is 22.4 Å². The standard InChI is InChI=1S/C17H19N5O3S/c1-3-9-22-11(2)4-5-12(16(22)24)15-20-14(25-21-15)7-6-13(23)19-17-18-8-10-26-17/h4-5,8,10H,3,6-7,9H2,1-2H3,(H,18,19,23). The summed E-state index contributed by atoms with van der Waals surface area (Å²) in [6, 6.07) is 3.57. The predicted octanol–water partition coefficient (Wildman–Crippen LogP) is 2.64. The third kappa shape index (κ3) is 4.05. The molecule has 8 nitrogen and oxygen atoms in total. The van der Waals surface area contributed by atoms with Gasteiger partial charge in [-0.2, -0.15) is 4.98 Å². The van der Waals surface area contributed by atoms with Gasteiger partial charge >= 0.3 is 0 Å². The van der Waals surface area contributed by atoms with Gasteiger partial charge in [0.15, 0.2) is 5.13 Å². The van der Waals surface area contributed by atoms with Crippen LogP contribution in [0.2, 0.25) is 0 Å². The third-order valence-electron chi connectivity index (χ3n) is 3.79. The number of aromatic nitrogens is 4. The van der Waals surface area contributed by atoms with Crippen molar-refractivity contribution in [2.75, 3.05) is 5.32 Å². The molecule has 0 bridgehead atoms. The maximum absolute atomic E-state index is 12.6. The van der Waals surface area contributed by atoms with Crippen LogP contribution in [0.25, 0.3) is 11.4 Å². The van der Waals surface area contributed by atoms with Crippen molar-refractivity contribution < 1.29 is 9.32 Å². The highest BCUT2D eigenvalue weighted by Crippen LogP contribution is 2.14. The smallest absolute Gasteiger partial charge is 0.261 e. The molecule has 3 aromatic rings. The zero-order chi connectivity index (χ0) is 18.5. The van der Waals surface area contributed by atoms with Crippen LogP contribution in [0, 0.1) is 6.92 Å². The fourth-order valence-corrected chi connectivity index (χ4v) is 3.04. The van der Waals surface area contributed by atoms with E-state index >= 15 is 0 Å². The van der Waals surface area contributed by atoms with Gasteiger partial charge in [-0.3, -0.25) is 9.59 Å². The van der Waals surface area contributed by atoms with Crippen molar-refractivity contribution in [3.63, 3.8) is 0 Å². The summed E-state index contributed by atoms with van der Waals surface area (Å²) in [7, 11) is 0. The van der Waals surface area contributed by atoms with E-state index in [1.165, 1.54) is 11.3 Å². The second kappa shape index (κ2) is 8.05. The highest BCUT2D eigenvalue weighted by molar-refractivity contribution is 7.13. The van der Waals surface area contributed by atoms with Crippen molar-refractivity contribution in [3.05, 3.63) is 45.6 Å². The number of pyridine rings is 1. The Hall–Kier alpha value is -2.81. The number of thiazole rings is 1. The molecule has 1 amide bonds. The molecule has 3 rings (SSSR count). The van der Waals surface area contributed by atoms with E-state index < -0.39 is 0 Å². The van der Waals surface area contributed by atoms with Crippen LogP contribution in [-0.4, -0.2) is 25.6 Å². The van der Waals surface area contributed by atoms with Crippen molar-refractivity contribution in [2.45, 2.75) is 39.7 Å². The molecule has 0 aromatic carbocycles. The van der Waals surface area contributed by atoms with E-state index in [9.17, 15) is 9.59 Å². The molecule has 0 aliphatic rings. The van der Waals surface area contributed by atoms with Crippen molar-refractivity contribution in [3.8, 4) is 11.4 Å². The minimum atomic E-state index is -0.180.